The van der Waals surface area contributed by atoms with E-state index in [2.05, 4.69) is 21.2 Å². The van der Waals surface area contributed by atoms with Crippen molar-refractivity contribution in [1.82, 2.24) is 5.32 Å². The largest absolute Gasteiger partial charge is 0.393 e. The minimum absolute atomic E-state index is 0.0464. The van der Waals surface area contributed by atoms with Gasteiger partial charge in [-0.25, -0.2) is 0 Å². The summed E-state index contributed by atoms with van der Waals surface area (Å²) in [6.07, 6.45) is 0.140. The van der Waals surface area contributed by atoms with Crippen molar-refractivity contribution in [3.05, 3.63) is 33.8 Å². The third-order valence-corrected chi connectivity index (χ3v) is 3.13. The van der Waals surface area contributed by atoms with Gasteiger partial charge in [0.1, 0.15) is 0 Å². The van der Waals surface area contributed by atoms with Crippen LogP contribution in [0.2, 0.25) is 0 Å². The fourth-order valence-corrected chi connectivity index (χ4v) is 2.11. The van der Waals surface area contributed by atoms with Gasteiger partial charge in [0.25, 0.3) is 5.91 Å². The first-order chi connectivity index (χ1) is 7.90. The Balaban J connectivity index is 2.73. The van der Waals surface area contributed by atoms with Crippen molar-refractivity contribution in [3.63, 3.8) is 0 Å². The Labute approximate surface area is 110 Å². The van der Waals surface area contributed by atoms with Crippen molar-refractivity contribution < 1.29 is 9.90 Å². The van der Waals surface area contributed by atoms with E-state index in [0.29, 0.717) is 12.0 Å². The molecule has 0 bridgehead atoms. The minimum Gasteiger partial charge on any atom is -0.393 e. The lowest BCUT2D eigenvalue weighted by Crippen LogP contribution is -2.34. The number of hydrogen-bond acceptors (Lipinski definition) is 2. The van der Waals surface area contributed by atoms with Crippen molar-refractivity contribution in [1.29, 1.82) is 0 Å². The molecule has 2 N–H and O–H groups in total. The van der Waals surface area contributed by atoms with Gasteiger partial charge in [-0.3, -0.25) is 4.79 Å². The SMILES string of the molecule is Cc1ccc(Br)c(C(=O)NC(C)CC(C)O)c1. The number of carbonyl (C=O) groups is 1. The summed E-state index contributed by atoms with van der Waals surface area (Å²) in [6, 6.07) is 5.60. The molecule has 2 atom stereocenters. The summed E-state index contributed by atoms with van der Waals surface area (Å²) in [7, 11) is 0. The molecule has 0 aliphatic rings. The Bertz CT molecular complexity index is 404. The topological polar surface area (TPSA) is 49.3 Å². The van der Waals surface area contributed by atoms with Gasteiger partial charge in [0.2, 0.25) is 0 Å². The van der Waals surface area contributed by atoms with Gasteiger partial charge in [-0.05, 0) is 55.3 Å². The molecule has 1 aromatic carbocycles. The van der Waals surface area contributed by atoms with Crippen LogP contribution in [-0.4, -0.2) is 23.2 Å². The number of rotatable bonds is 4. The molecule has 0 saturated carbocycles. The third kappa shape index (κ3) is 4.48. The van der Waals surface area contributed by atoms with Crippen molar-refractivity contribution in [3.8, 4) is 0 Å². The molecule has 1 amide bonds. The average molecular weight is 300 g/mol. The predicted octanol–water partition coefficient (Wildman–Crippen LogP) is 2.65. The number of amides is 1. The molecule has 1 rings (SSSR count). The van der Waals surface area contributed by atoms with E-state index in [1.54, 1.807) is 6.92 Å². The summed E-state index contributed by atoms with van der Waals surface area (Å²) in [5.41, 5.74) is 1.67. The molecule has 17 heavy (non-hydrogen) atoms. The number of aliphatic hydroxyl groups is 1. The van der Waals surface area contributed by atoms with Gasteiger partial charge in [-0.2, -0.15) is 0 Å². The number of carbonyl (C=O) groups excluding carboxylic acids is 1. The molecule has 0 fully saturated rings. The Morgan fingerprint density at radius 3 is 2.71 bits per heavy atom. The summed E-state index contributed by atoms with van der Waals surface area (Å²) >= 11 is 3.36. The molecule has 0 radical (unpaired) electrons. The number of nitrogens with one attached hydrogen (secondary N) is 1. The first-order valence-electron chi connectivity index (χ1n) is 5.65. The highest BCUT2D eigenvalue weighted by atomic mass is 79.9. The molecule has 4 heteroatoms. The standard InChI is InChI=1S/C13H18BrNO2/c1-8-4-5-12(14)11(6-8)13(17)15-9(2)7-10(3)16/h4-6,9-10,16H,7H2,1-3H3,(H,15,17). The summed E-state index contributed by atoms with van der Waals surface area (Å²) in [6.45, 7) is 5.54. The number of aryl methyl sites for hydroxylation is 1. The molecule has 94 valence electrons. The van der Waals surface area contributed by atoms with Gasteiger partial charge in [-0.1, -0.05) is 11.6 Å². The maximum atomic E-state index is 12.0. The maximum Gasteiger partial charge on any atom is 0.252 e. The van der Waals surface area contributed by atoms with E-state index in [1.807, 2.05) is 32.0 Å². The van der Waals surface area contributed by atoms with E-state index in [0.717, 1.165) is 10.0 Å². The fraction of sp³-hybridized carbons (Fsp3) is 0.462. The Hall–Kier alpha value is -0.870. The summed E-state index contributed by atoms with van der Waals surface area (Å²) in [4.78, 5) is 12.0. The quantitative estimate of drug-likeness (QED) is 0.898. The Kier molecular flexibility index (Phi) is 5.15. The summed E-state index contributed by atoms with van der Waals surface area (Å²) in [5, 5.41) is 12.1. The van der Waals surface area contributed by atoms with Gasteiger partial charge in [0.05, 0.1) is 11.7 Å². The van der Waals surface area contributed by atoms with Crippen LogP contribution in [0.3, 0.4) is 0 Å². The van der Waals surface area contributed by atoms with Crippen molar-refractivity contribution in [2.75, 3.05) is 0 Å². The molecular formula is C13H18BrNO2. The molecular weight excluding hydrogens is 282 g/mol. The van der Waals surface area contributed by atoms with E-state index in [1.165, 1.54) is 0 Å². The number of aliphatic hydroxyl groups excluding tert-OH is 1. The van der Waals surface area contributed by atoms with Crippen LogP contribution < -0.4 is 5.32 Å². The van der Waals surface area contributed by atoms with Gasteiger partial charge in [0.15, 0.2) is 0 Å². The minimum atomic E-state index is -0.411. The fourth-order valence-electron chi connectivity index (χ4n) is 1.69. The molecule has 2 unspecified atom stereocenters. The zero-order chi connectivity index (χ0) is 13.0. The molecule has 0 aromatic heterocycles. The van der Waals surface area contributed by atoms with Crippen molar-refractivity contribution >= 4 is 21.8 Å². The number of halogens is 1. The number of benzene rings is 1. The second kappa shape index (κ2) is 6.17. The first kappa shape index (κ1) is 14.2. The molecule has 0 heterocycles. The first-order valence-corrected chi connectivity index (χ1v) is 6.44. The van der Waals surface area contributed by atoms with E-state index in [-0.39, 0.29) is 11.9 Å². The molecule has 0 aliphatic carbocycles. The molecule has 0 saturated heterocycles. The monoisotopic (exact) mass is 299 g/mol. The normalized spacial score (nSPS) is 14.2. The smallest absolute Gasteiger partial charge is 0.252 e. The van der Waals surface area contributed by atoms with Crippen LogP contribution in [0.5, 0.6) is 0 Å². The second-order valence-electron chi connectivity index (χ2n) is 4.44. The highest BCUT2D eigenvalue weighted by Gasteiger charge is 2.14. The van der Waals surface area contributed by atoms with Crippen LogP contribution in [0.1, 0.15) is 36.2 Å². The lowest BCUT2D eigenvalue weighted by Gasteiger charge is -2.16. The molecule has 3 nitrogen and oxygen atoms in total. The Morgan fingerprint density at radius 1 is 1.47 bits per heavy atom. The van der Waals surface area contributed by atoms with Crippen LogP contribution in [0, 0.1) is 6.92 Å². The van der Waals surface area contributed by atoms with E-state index < -0.39 is 6.10 Å². The van der Waals surface area contributed by atoms with Crippen molar-refractivity contribution in [2.45, 2.75) is 39.3 Å². The Morgan fingerprint density at radius 2 is 2.12 bits per heavy atom. The number of hydrogen-bond donors (Lipinski definition) is 2. The highest BCUT2D eigenvalue weighted by Crippen LogP contribution is 2.18. The van der Waals surface area contributed by atoms with E-state index in [9.17, 15) is 9.90 Å². The second-order valence-corrected chi connectivity index (χ2v) is 5.30. The van der Waals surface area contributed by atoms with Crippen molar-refractivity contribution in [2.24, 2.45) is 0 Å². The van der Waals surface area contributed by atoms with Gasteiger partial charge >= 0.3 is 0 Å². The molecule has 0 spiro atoms. The lowest BCUT2D eigenvalue weighted by molar-refractivity contribution is 0.0922. The highest BCUT2D eigenvalue weighted by molar-refractivity contribution is 9.10. The van der Waals surface area contributed by atoms with Crippen LogP contribution in [0.25, 0.3) is 0 Å². The lowest BCUT2D eigenvalue weighted by atomic mass is 10.1. The molecule has 0 aliphatic heterocycles. The predicted molar refractivity (Wildman–Crippen MR) is 72.1 cm³/mol. The average Bonchev–Trinajstić information content (AvgIpc) is 2.20. The van der Waals surface area contributed by atoms with E-state index >= 15 is 0 Å². The summed E-state index contributed by atoms with van der Waals surface area (Å²) < 4.78 is 0.782. The van der Waals surface area contributed by atoms with Crippen LogP contribution in [0.4, 0.5) is 0 Å². The van der Waals surface area contributed by atoms with Crippen LogP contribution >= 0.6 is 15.9 Å². The molecule has 1 aromatic rings. The zero-order valence-electron chi connectivity index (χ0n) is 10.3. The zero-order valence-corrected chi connectivity index (χ0v) is 11.9. The maximum absolute atomic E-state index is 12.0. The van der Waals surface area contributed by atoms with Crippen LogP contribution in [0.15, 0.2) is 22.7 Å². The summed E-state index contributed by atoms with van der Waals surface area (Å²) in [5.74, 6) is -0.117. The van der Waals surface area contributed by atoms with Gasteiger partial charge in [-0.15, -0.1) is 0 Å². The van der Waals surface area contributed by atoms with Crippen LogP contribution in [-0.2, 0) is 0 Å². The van der Waals surface area contributed by atoms with Gasteiger partial charge < -0.3 is 10.4 Å². The third-order valence-electron chi connectivity index (χ3n) is 2.44. The van der Waals surface area contributed by atoms with E-state index in [4.69, 9.17) is 0 Å². The van der Waals surface area contributed by atoms with Gasteiger partial charge in [0, 0.05) is 10.5 Å².